The van der Waals surface area contributed by atoms with Crippen LogP contribution in [0, 0.1) is 23.7 Å². The molecule has 0 amide bonds. The fourth-order valence-corrected chi connectivity index (χ4v) is 4.47. The molecule has 0 spiro atoms. The molecule has 2 fully saturated rings. The lowest BCUT2D eigenvalue weighted by atomic mass is 9.77. The highest BCUT2D eigenvalue weighted by Crippen LogP contribution is 2.35. The topological polar surface area (TPSA) is 46.5 Å². The van der Waals surface area contributed by atoms with Gasteiger partial charge in [0.1, 0.15) is 6.10 Å². The van der Waals surface area contributed by atoms with Crippen LogP contribution >= 0.6 is 0 Å². The van der Waals surface area contributed by atoms with Crippen molar-refractivity contribution in [3.63, 3.8) is 0 Å². The number of rotatable bonds is 6. The first-order valence-corrected chi connectivity index (χ1v) is 9.89. The van der Waals surface area contributed by atoms with Crippen molar-refractivity contribution in [2.45, 2.75) is 97.2 Å². The summed E-state index contributed by atoms with van der Waals surface area (Å²) in [5, 5.41) is 10.5. The zero-order valence-corrected chi connectivity index (χ0v) is 15.3. The van der Waals surface area contributed by atoms with Crippen molar-refractivity contribution in [1.29, 1.82) is 0 Å². The smallest absolute Gasteiger partial charge is 0.309 e. The third-order valence-corrected chi connectivity index (χ3v) is 6.05. The maximum atomic E-state index is 12.6. The van der Waals surface area contributed by atoms with Crippen LogP contribution in [0.15, 0.2) is 0 Å². The molecule has 0 aromatic carbocycles. The summed E-state index contributed by atoms with van der Waals surface area (Å²) < 4.78 is 6.06. The molecular weight excluding hydrogens is 288 g/mol. The number of hydrogen-bond acceptors (Lipinski definition) is 3. The van der Waals surface area contributed by atoms with E-state index in [-0.39, 0.29) is 29.8 Å². The Bertz CT molecular complexity index is 354. The Morgan fingerprint density at radius 1 is 0.913 bits per heavy atom. The van der Waals surface area contributed by atoms with Gasteiger partial charge in [-0.05, 0) is 37.5 Å². The van der Waals surface area contributed by atoms with Crippen molar-refractivity contribution >= 4 is 5.97 Å². The van der Waals surface area contributed by atoms with Gasteiger partial charge in [0.25, 0.3) is 0 Å². The molecule has 134 valence electrons. The summed E-state index contributed by atoms with van der Waals surface area (Å²) in [4.78, 5) is 12.6. The van der Waals surface area contributed by atoms with Gasteiger partial charge >= 0.3 is 5.97 Å². The summed E-state index contributed by atoms with van der Waals surface area (Å²) in [6.45, 7) is 6.15. The molecule has 2 saturated carbocycles. The molecule has 0 saturated heterocycles. The lowest BCUT2D eigenvalue weighted by molar-refractivity contribution is -0.166. The molecular formula is C20H36O3. The van der Waals surface area contributed by atoms with Gasteiger partial charge in [-0.25, -0.2) is 0 Å². The van der Waals surface area contributed by atoms with Crippen LogP contribution in [0.5, 0.6) is 0 Å². The van der Waals surface area contributed by atoms with Gasteiger partial charge in [-0.15, -0.1) is 0 Å². The molecule has 0 aromatic rings. The summed E-state index contributed by atoms with van der Waals surface area (Å²) in [6, 6.07) is 0. The van der Waals surface area contributed by atoms with Crippen molar-refractivity contribution < 1.29 is 14.6 Å². The number of aliphatic hydroxyl groups is 1. The van der Waals surface area contributed by atoms with Crippen LogP contribution in [0.2, 0.25) is 0 Å². The highest BCUT2D eigenvalue weighted by atomic mass is 16.5. The Labute approximate surface area is 142 Å². The molecule has 0 unspecified atom stereocenters. The minimum atomic E-state index is -0.402. The fourth-order valence-electron chi connectivity index (χ4n) is 4.47. The molecule has 2 aliphatic rings. The number of hydrogen-bond donors (Lipinski definition) is 1. The highest BCUT2D eigenvalue weighted by Gasteiger charge is 2.37. The van der Waals surface area contributed by atoms with Crippen molar-refractivity contribution in [3.8, 4) is 0 Å². The van der Waals surface area contributed by atoms with Crippen molar-refractivity contribution in [1.82, 2.24) is 0 Å². The van der Waals surface area contributed by atoms with E-state index in [0.717, 1.165) is 38.5 Å². The van der Waals surface area contributed by atoms with Crippen molar-refractivity contribution in [2.75, 3.05) is 0 Å². The SMILES string of the molecule is CC(C)[C@@H](O)[C@H](C)[C@H](OC(=O)C1CCCCC1)C1CCCCC1. The van der Waals surface area contributed by atoms with Crippen molar-refractivity contribution in [3.05, 3.63) is 0 Å². The van der Waals surface area contributed by atoms with Gasteiger partial charge in [0.05, 0.1) is 12.0 Å². The summed E-state index contributed by atoms with van der Waals surface area (Å²) in [7, 11) is 0. The van der Waals surface area contributed by atoms with Crippen LogP contribution in [-0.4, -0.2) is 23.3 Å². The van der Waals surface area contributed by atoms with Gasteiger partial charge in [-0.2, -0.15) is 0 Å². The molecule has 23 heavy (non-hydrogen) atoms. The quantitative estimate of drug-likeness (QED) is 0.720. The Kier molecular flexibility index (Phi) is 7.39. The van der Waals surface area contributed by atoms with Gasteiger partial charge in [0.15, 0.2) is 0 Å². The predicted octanol–water partition coefficient (Wildman–Crippen LogP) is 4.71. The monoisotopic (exact) mass is 324 g/mol. The average Bonchev–Trinajstić information content (AvgIpc) is 2.59. The predicted molar refractivity (Wildman–Crippen MR) is 93.0 cm³/mol. The van der Waals surface area contributed by atoms with Crippen LogP contribution in [0.25, 0.3) is 0 Å². The first-order chi connectivity index (χ1) is 11.0. The van der Waals surface area contributed by atoms with E-state index < -0.39 is 6.10 Å². The van der Waals surface area contributed by atoms with E-state index in [2.05, 4.69) is 6.92 Å². The normalized spacial score (nSPS) is 25.1. The van der Waals surface area contributed by atoms with Crippen LogP contribution in [-0.2, 0) is 9.53 Å². The first kappa shape index (κ1) is 18.8. The van der Waals surface area contributed by atoms with E-state index in [1.54, 1.807) is 0 Å². The third kappa shape index (κ3) is 5.20. The maximum absolute atomic E-state index is 12.6. The Balaban J connectivity index is 2.03. The van der Waals surface area contributed by atoms with E-state index in [1.807, 2.05) is 13.8 Å². The van der Waals surface area contributed by atoms with E-state index in [4.69, 9.17) is 4.74 Å². The van der Waals surface area contributed by atoms with E-state index in [1.165, 1.54) is 25.7 Å². The molecule has 1 N–H and O–H groups in total. The highest BCUT2D eigenvalue weighted by molar-refractivity contribution is 5.72. The summed E-state index contributed by atoms with van der Waals surface area (Å²) in [6.07, 6.45) is 11.0. The second kappa shape index (κ2) is 9.05. The number of esters is 1. The average molecular weight is 325 g/mol. The van der Waals surface area contributed by atoms with E-state index >= 15 is 0 Å². The summed E-state index contributed by atoms with van der Waals surface area (Å²) >= 11 is 0. The first-order valence-electron chi connectivity index (χ1n) is 9.89. The molecule has 0 aromatic heterocycles. The summed E-state index contributed by atoms with van der Waals surface area (Å²) in [5.74, 6) is 0.746. The number of carbonyl (C=O) groups excluding carboxylic acids is 1. The van der Waals surface area contributed by atoms with Gasteiger partial charge in [0.2, 0.25) is 0 Å². The van der Waals surface area contributed by atoms with Crippen LogP contribution in [0.4, 0.5) is 0 Å². The van der Waals surface area contributed by atoms with Gasteiger partial charge < -0.3 is 9.84 Å². The largest absolute Gasteiger partial charge is 0.461 e. The van der Waals surface area contributed by atoms with Crippen LogP contribution < -0.4 is 0 Å². The van der Waals surface area contributed by atoms with Gasteiger partial charge in [-0.1, -0.05) is 59.3 Å². The third-order valence-electron chi connectivity index (χ3n) is 6.05. The van der Waals surface area contributed by atoms with Gasteiger partial charge in [0, 0.05) is 5.92 Å². The number of ether oxygens (including phenoxy) is 1. The molecule has 3 atom stereocenters. The minimum absolute atomic E-state index is 0.00285. The number of aliphatic hydroxyl groups excluding tert-OH is 1. The summed E-state index contributed by atoms with van der Waals surface area (Å²) in [5.41, 5.74) is 0. The molecule has 0 radical (unpaired) electrons. The lowest BCUT2D eigenvalue weighted by Crippen LogP contribution is -2.42. The van der Waals surface area contributed by atoms with E-state index in [9.17, 15) is 9.90 Å². The van der Waals surface area contributed by atoms with E-state index in [0.29, 0.717) is 5.92 Å². The fraction of sp³-hybridized carbons (Fsp3) is 0.950. The van der Waals surface area contributed by atoms with Crippen LogP contribution in [0.3, 0.4) is 0 Å². The zero-order valence-electron chi connectivity index (χ0n) is 15.3. The zero-order chi connectivity index (χ0) is 16.8. The van der Waals surface area contributed by atoms with Crippen molar-refractivity contribution in [2.24, 2.45) is 23.7 Å². The molecule has 3 heteroatoms. The molecule has 3 nitrogen and oxygen atoms in total. The molecule has 0 bridgehead atoms. The Hall–Kier alpha value is -0.570. The second-order valence-corrected chi connectivity index (χ2v) is 8.23. The van der Waals surface area contributed by atoms with Crippen LogP contribution in [0.1, 0.15) is 85.0 Å². The molecule has 2 rings (SSSR count). The second-order valence-electron chi connectivity index (χ2n) is 8.23. The Morgan fingerprint density at radius 2 is 1.43 bits per heavy atom. The molecule has 0 heterocycles. The molecule has 0 aliphatic heterocycles. The molecule has 2 aliphatic carbocycles. The maximum Gasteiger partial charge on any atom is 0.309 e. The minimum Gasteiger partial charge on any atom is -0.461 e. The Morgan fingerprint density at radius 3 is 1.96 bits per heavy atom. The van der Waals surface area contributed by atoms with Gasteiger partial charge in [-0.3, -0.25) is 4.79 Å². The number of carbonyl (C=O) groups is 1. The standard InChI is InChI=1S/C20H36O3/c1-14(2)18(21)15(3)19(16-10-6-4-7-11-16)23-20(22)17-12-8-5-9-13-17/h14-19,21H,4-13H2,1-3H3/t15-,18+,19-/m0/s1. The lowest BCUT2D eigenvalue weighted by Gasteiger charge is -2.37.